The van der Waals surface area contributed by atoms with Crippen LogP contribution in [0, 0.1) is 0 Å². The van der Waals surface area contributed by atoms with E-state index < -0.39 is 0 Å². The van der Waals surface area contributed by atoms with Gasteiger partial charge in [-0.1, -0.05) is 97.1 Å². The molecule has 5 aromatic carbocycles. The highest BCUT2D eigenvalue weighted by Gasteiger charge is 2.18. The molecule has 0 atom stereocenters. The Hall–Kier alpha value is -4.50. The van der Waals surface area contributed by atoms with Gasteiger partial charge in [0.25, 0.3) is 0 Å². The van der Waals surface area contributed by atoms with Crippen LogP contribution < -0.4 is 14.7 Å². The maximum atomic E-state index is 2.30. The molecule has 0 heterocycles. The maximum Gasteiger partial charge on any atom is 0.0426 e. The summed E-state index contributed by atoms with van der Waals surface area (Å²) in [6.07, 6.45) is 0. The largest absolute Gasteiger partial charge is 0.378 e. The molecule has 0 saturated heterocycles. The molecule has 202 valence electrons. The van der Waals surface area contributed by atoms with Gasteiger partial charge >= 0.3 is 0 Å². The summed E-state index contributed by atoms with van der Waals surface area (Å²) in [7, 11) is 8.48. The minimum atomic E-state index is 0.151. The van der Waals surface area contributed by atoms with Crippen molar-refractivity contribution in [2.24, 2.45) is 0 Å². The van der Waals surface area contributed by atoms with Gasteiger partial charge in [-0.15, -0.1) is 0 Å². The van der Waals surface area contributed by atoms with Crippen LogP contribution in [0.1, 0.15) is 33.7 Å². The molecule has 0 spiro atoms. The summed E-state index contributed by atoms with van der Waals surface area (Å²) in [5.41, 5.74) is 10.1. The molecule has 0 amide bonds. The third-order valence-corrected chi connectivity index (χ3v) is 7.60. The zero-order chi connectivity index (χ0) is 27.9. The maximum absolute atomic E-state index is 2.30. The SMILES string of the molecule is CN(C)c1ccc(C(c2ccc(N(C)Cc3ccccc3)cc2)c2ccc(N(C)Cc3ccccc3)cc2)cc1. The summed E-state index contributed by atoms with van der Waals surface area (Å²) in [6, 6.07) is 48.4. The van der Waals surface area contributed by atoms with E-state index in [2.05, 4.69) is 176 Å². The van der Waals surface area contributed by atoms with E-state index in [0.29, 0.717) is 0 Å². The van der Waals surface area contributed by atoms with Crippen molar-refractivity contribution < 1.29 is 0 Å². The molecule has 3 heteroatoms. The fraction of sp³-hybridized carbons (Fsp3) is 0.189. The molecule has 40 heavy (non-hydrogen) atoms. The molecular weight excluding hydrogens is 486 g/mol. The molecule has 5 aromatic rings. The third kappa shape index (κ3) is 6.55. The van der Waals surface area contributed by atoms with E-state index in [0.717, 1.165) is 13.1 Å². The Morgan fingerprint density at radius 3 is 1.05 bits per heavy atom. The Balaban J connectivity index is 1.41. The average molecular weight is 526 g/mol. The van der Waals surface area contributed by atoms with E-state index >= 15 is 0 Å². The van der Waals surface area contributed by atoms with Crippen molar-refractivity contribution >= 4 is 17.1 Å². The molecule has 0 radical (unpaired) electrons. The minimum absolute atomic E-state index is 0.151. The second-order valence-electron chi connectivity index (χ2n) is 10.8. The first-order valence-corrected chi connectivity index (χ1v) is 14.0. The summed E-state index contributed by atoms with van der Waals surface area (Å²) in [5, 5.41) is 0. The number of anilines is 3. The fourth-order valence-corrected chi connectivity index (χ4v) is 5.28. The average Bonchev–Trinajstić information content (AvgIpc) is 2.99. The molecule has 0 N–H and O–H groups in total. The summed E-state index contributed by atoms with van der Waals surface area (Å²) < 4.78 is 0. The van der Waals surface area contributed by atoms with E-state index in [-0.39, 0.29) is 5.92 Å². The lowest BCUT2D eigenvalue weighted by atomic mass is 9.85. The lowest BCUT2D eigenvalue weighted by molar-refractivity contribution is 0.914. The quantitative estimate of drug-likeness (QED) is 0.170. The summed E-state index contributed by atoms with van der Waals surface area (Å²) in [5.74, 6) is 0.151. The number of rotatable bonds is 10. The van der Waals surface area contributed by atoms with E-state index in [9.17, 15) is 0 Å². The first-order chi connectivity index (χ1) is 19.5. The molecule has 3 nitrogen and oxygen atoms in total. The van der Waals surface area contributed by atoms with Gasteiger partial charge in [0.05, 0.1) is 0 Å². The Morgan fingerprint density at radius 1 is 0.400 bits per heavy atom. The van der Waals surface area contributed by atoms with Gasteiger partial charge < -0.3 is 14.7 Å². The van der Waals surface area contributed by atoms with Gasteiger partial charge in [0.15, 0.2) is 0 Å². The topological polar surface area (TPSA) is 9.72 Å². The van der Waals surface area contributed by atoms with Crippen molar-refractivity contribution in [2.45, 2.75) is 19.0 Å². The predicted molar refractivity (Wildman–Crippen MR) is 172 cm³/mol. The molecule has 0 saturated carbocycles. The van der Waals surface area contributed by atoms with Crippen LogP contribution in [0.25, 0.3) is 0 Å². The van der Waals surface area contributed by atoms with Crippen LogP contribution in [0.2, 0.25) is 0 Å². The van der Waals surface area contributed by atoms with Gasteiger partial charge in [0, 0.05) is 64.3 Å². The van der Waals surface area contributed by atoms with Crippen molar-refractivity contribution in [3.8, 4) is 0 Å². The predicted octanol–water partition coefficient (Wildman–Crippen LogP) is 8.21. The second-order valence-corrected chi connectivity index (χ2v) is 10.8. The van der Waals surface area contributed by atoms with Crippen molar-refractivity contribution in [3.05, 3.63) is 161 Å². The van der Waals surface area contributed by atoms with Crippen LogP contribution in [0.4, 0.5) is 17.1 Å². The molecule has 0 unspecified atom stereocenters. The van der Waals surface area contributed by atoms with Crippen molar-refractivity contribution in [3.63, 3.8) is 0 Å². The molecule has 0 aromatic heterocycles. The molecular formula is C37H39N3. The van der Waals surface area contributed by atoms with Gasteiger partial charge in [-0.3, -0.25) is 0 Å². The van der Waals surface area contributed by atoms with Crippen LogP contribution in [-0.4, -0.2) is 28.2 Å². The molecule has 0 aliphatic rings. The summed E-state index contributed by atoms with van der Waals surface area (Å²) in [6.45, 7) is 1.77. The Morgan fingerprint density at radius 2 is 0.725 bits per heavy atom. The second kappa shape index (κ2) is 12.6. The van der Waals surface area contributed by atoms with Crippen LogP contribution in [0.3, 0.4) is 0 Å². The van der Waals surface area contributed by atoms with Crippen molar-refractivity contribution in [1.29, 1.82) is 0 Å². The lowest BCUT2D eigenvalue weighted by Gasteiger charge is -2.24. The monoisotopic (exact) mass is 525 g/mol. The van der Waals surface area contributed by atoms with Crippen LogP contribution in [0.5, 0.6) is 0 Å². The normalized spacial score (nSPS) is 10.9. The number of hydrogen-bond donors (Lipinski definition) is 0. The van der Waals surface area contributed by atoms with E-state index in [4.69, 9.17) is 0 Å². The van der Waals surface area contributed by atoms with E-state index in [1.807, 2.05) is 0 Å². The van der Waals surface area contributed by atoms with Crippen LogP contribution >= 0.6 is 0 Å². The summed E-state index contributed by atoms with van der Waals surface area (Å²) in [4.78, 5) is 6.75. The zero-order valence-corrected chi connectivity index (χ0v) is 24.0. The fourth-order valence-electron chi connectivity index (χ4n) is 5.28. The van der Waals surface area contributed by atoms with E-state index in [1.54, 1.807) is 0 Å². The highest BCUT2D eigenvalue weighted by Crippen LogP contribution is 2.35. The first kappa shape index (κ1) is 27.1. The first-order valence-electron chi connectivity index (χ1n) is 14.0. The Kier molecular flexibility index (Phi) is 8.51. The minimum Gasteiger partial charge on any atom is -0.378 e. The molecule has 5 rings (SSSR count). The lowest BCUT2D eigenvalue weighted by Crippen LogP contribution is -2.16. The summed E-state index contributed by atoms with van der Waals surface area (Å²) >= 11 is 0. The van der Waals surface area contributed by atoms with E-state index in [1.165, 1.54) is 44.9 Å². The highest BCUT2D eigenvalue weighted by molar-refractivity contribution is 5.56. The standard InChI is InChI=1S/C37H39N3/c1-38(2)34-21-15-31(16-22-34)37(32-17-23-35(24-18-32)39(3)27-29-11-7-5-8-12-29)33-19-25-36(26-20-33)40(4)28-30-13-9-6-10-14-30/h5-26,37H,27-28H2,1-4H3. The molecule has 0 bridgehead atoms. The smallest absolute Gasteiger partial charge is 0.0426 e. The van der Waals surface area contributed by atoms with Crippen molar-refractivity contribution in [2.75, 3.05) is 42.9 Å². The molecule has 0 aliphatic carbocycles. The highest BCUT2D eigenvalue weighted by atomic mass is 15.1. The van der Waals surface area contributed by atoms with Crippen molar-refractivity contribution in [1.82, 2.24) is 0 Å². The number of hydrogen-bond acceptors (Lipinski definition) is 3. The third-order valence-electron chi connectivity index (χ3n) is 7.60. The van der Waals surface area contributed by atoms with Crippen LogP contribution in [0.15, 0.2) is 133 Å². The van der Waals surface area contributed by atoms with Gasteiger partial charge in [0.2, 0.25) is 0 Å². The Labute approximate surface area is 239 Å². The number of nitrogens with zero attached hydrogens (tertiary/aromatic N) is 3. The van der Waals surface area contributed by atoms with Crippen LogP contribution in [-0.2, 0) is 13.1 Å². The van der Waals surface area contributed by atoms with Gasteiger partial charge in [-0.2, -0.15) is 0 Å². The van der Waals surface area contributed by atoms with Gasteiger partial charge in [-0.05, 0) is 64.2 Å². The molecule has 0 fully saturated rings. The Bertz CT molecular complexity index is 1370. The van der Waals surface area contributed by atoms with Gasteiger partial charge in [0.1, 0.15) is 0 Å². The number of benzene rings is 5. The zero-order valence-electron chi connectivity index (χ0n) is 24.0. The molecule has 0 aliphatic heterocycles. The van der Waals surface area contributed by atoms with Gasteiger partial charge in [-0.25, -0.2) is 0 Å².